The molecule has 22 heavy (non-hydrogen) atoms. The number of rotatable bonds is 7. The lowest BCUT2D eigenvalue weighted by molar-refractivity contribution is -0.149. The number of benzene rings is 1. The molecule has 1 atom stereocenters. The van der Waals surface area contributed by atoms with Gasteiger partial charge in [0.05, 0.1) is 12.0 Å². The van der Waals surface area contributed by atoms with Gasteiger partial charge in [-0.05, 0) is 38.0 Å². The van der Waals surface area contributed by atoms with E-state index in [0.717, 1.165) is 18.2 Å². The summed E-state index contributed by atoms with van der Waals surface area (Å²) in [6.07, 6.45) is 2.29. The van der Waals surface area contributed by atoms with Gasteiger partial charge in [-0.15, -0.1) is 0 Å². The van der Waals surface area contributed by atoms with Crippen LogP contribution in [-0.2, 0) is 19.7 Å². The Kier molecular flexibility index (Phi) is 6.56. The Morgan fingerprint density at radius 2 is 1.95 bits per heavy atom. The molecule has 0 radical (unpaired) electrons. The molecule has 120 valence electrons. The van der Waals surface area contributed by atoms with Gasteiger partial charge in [-0.25, -0.2) is 0 Å². The van der Waals surface area contributed by atoms with Crippen molar-refractivity contribution in [2.75, 3.05) is 11.9 Å². The molecule has 6 nitrogen and oxygen atoms in total. The predicted octanol–water partition coefficient (Wildman–Crippen LogP) is 2.71. The Labute approximate surface area is 130 Å². The average molecular weight is 306 g/mol. The van der Waals surface area contributed by atoms with E-state index in [1.165, 1.54) is 0 Å². The van der Waals surface area contributed by atoms with Gasteiger partial charge in [-0.3, -0.25) is 9.59 Å². The van der Waals surface area contributed by atoms with Gasteiger partial charge in [0.1, 0.15) is 6.21 Å². The van der Waals surface area contributed by atoms with Gasteiger partial charge in [0.2, 0.25) is 0 Å². The standard InChI is InChI=1S/C16H22N2O4/c1-4-10-16(3,15(20)22-5-2)12-6-8-13(9-7-12)18-14(19)11-17-21/h6-9,11,21H,4-5,10H2,1-3H3,(H,18,19)/b17-11+. The second kappa shape index (κ2) is 8.17. The maximum absolute atomic E-state index is 12.3. The van der Waals surface area contributed by atoms with E-state index in [-0.39, 0.29) is 5.97 Å². The minimum Gasteiger partial charge on any atom is -0.465 e. The van der Waals surface area contributed by atoms with E-state index in [9.17, 15) is 9.59 Å². The van der Waals surface area contributed by atoms with E-state index in [0.29, 0.717) is 18.7 Å². The molecule has 0 bridgehead atoms. The van der Waals surface area contributed by atoms with Crippen LogP contribution in [0.25, 0.3) is 0 Å². The lowest BCUT2D eigenvalue weighted by atomic mass is 9.78. The summed E-state index contributed by atoms with van der Waals surface area (Å²) < 4.78 is 5.19. The predicted molar refractivity (Wildman–Crippen MR) is 84.2 cm³/mol. The van der Waals surface area contributed by atoms with Crippen molar-refractivity contribution in [2.24, 2.45) is 5.16 Å². The monoisotopic (exact) mass is 306 g/mol. The summed E-state index contributed by atoms with van der Waals surface area (Å²) in [5, 5.41) is 13.5. The largest absolute Gasteiger partial charge is 0.465 e. The van der Waals surface area contributed by atoms with E-state index in [1.807, 2.05) is 13.8 Å². The number of nitrogens with zero attached hydrogens (tertiary/aromatic N) is 1. The van der Waals surface area contributed by atoms with Crippen molar-refractivity contribution >= 4 is 23.8 Å². The maximum atomic E-state index is 12.3. The van der Waals surface area contributed by atoms with Crippen molar-refractivity contribution in [3.63, 3.8) is 0 Å². The number of hydrogen-bond donors (Lipinski definition) is 2. The molecule has 2 N–H and O–H groups in total. The van der Waals surface area contributed by atoms with E-state index in [2.05, 4.69) is 10.5 Å². The van der Waals surface area contributed by atoms with Crippen LogP contribution in [0.1, 0.15) is 39.2 Å². The normalized spacial score (nSPS) is 13.6. The lowest BCUT2D eigenvalue weighted by Gasteiger charge is -2.27. The van der Waals surface area contributed by atoms with Crippen LogP contribution in [0.3, 0.4) is 0 Å². The summed E-state index contributed by atoms with van der Waals surface area (Å²) in [5.41, 5.74) is 0.679. The van der Waals surface area contributed by atoms with E-state index in [1.54, 1.807) is 31.2 Å². The molecule has 0 aliphatic carbocycles. The topological polar surface area (TPSA) is 88.0 Å². The molecule has 0 saturated heterocycles. The molecule has 0 spiro atoms. The van der Waals surface area contributed by atoms with Crippen LogP contribution in [-0.4, -0.2) is 29.9 Å². The van der Waals surface area contributed by atoms with Gasteiger partial charge >= 0.3 is 5.97 Å². The molecule has 0 fully saturated rings. The van der Waals surface area contributed by atoms with Crippen molar-refractivity contribution in [1.29, 1.82) is 0 Å². The minimum atomic E-state index is -0.708. The van der Waals surface area contributed by atoms with E-state index in [4.69, 9.17) is 9.94 Å². The zero-order valence-electron chi connectivity index (χ0n) is 13.1. The summed E-state index contributed by atoms with van der Waals surface area (Å²) in [6, 6.07) is 6.98. The molecule has 0 aromatic heterocycles. The van der Waals surface area contributed by atoms with Crippen molar-refractivity contribution in [1.82, 2.24) is 0 Å². The Hall–Kier alpha value is -2.37. The highest BCUT2D eigenvalue weighted by atomic mass is 16.5. The molecule has 0 aliphatic heterocycles. The first-order chi connectivity index (χ1) is 10.5. The SMILES string of the molecule is CCCC(C)(C(=O)OCC)c1ccc(NC(=O)/C=N/O)cc1. The van der Waals surface area contributed by atoms with Gasteiger partial charge in [-0.1, -0.05) is 30.6 Å². The highest BCUT2D eigenvalue weighted by Crippen LogP contribution is 2.31. The Bertz CT molecular complexity index is 540. The Balaban J connectivity index is 2.98. The fourth-order valence-corrected chi connectivity index (χ4v) is 2.30. The van der Waals surface area contributed by atoms with Gasteiger partial charge in [0, 0.05) is 5.69 Å². The third-order valence-electron chi connectivity index (χ3n) is 3.44. The molecular formula is C16H22N2O4. The molecular weight excluding hydrogens is 284 g/mol. The number of nitrogens with one attached hydrogen (secondary N) is 1. The highest BCUT2D eigenvalue weighted by Gasteiger charge is 2.35. The summed E-state index contributed by atoms with van der Waals surface area (Å²) in [7, 11) is 0. The first-order valence-electron chi connectivity index (χ1n) is 7.24. The summed E-state index contributed by atoms with van der Waals surface area (Å²) >= 11 is 0. The molecule has 1 aromatic carbocycles. The molecule has 1 aromatic rings. The number of carbonyl (C=O) groups excluding carboxylic acids is 2. The van der Waals surface area contributed by atoms with Gasteiger partial charge in [-0.2, -0.15) is 0 Å². The molecule has 1 amide bonds. The van der Waals surface area contributed by atoms with Crippen molar-refractivity contribution < 1.29 is 19.5 Å². The van der Waals surface area contributed by atoms with Gasteiger partial charge in [0.15, 0.2) is 0 Å². The number of ether oxygens (including phenoxy) is 1. The van der Waals surface area contributed by atoms with Crippen LogP contribution in [0, 0.1) is 0 Å². The number of carbonyl (C=O) groups is 2. The third kappa shape index (κ3) is 4.31. The first kappa shape index (κ1) is 17.7. The van der Waals surface area contributed by atoms with Crippen LogP contribution in [0.5, 0.6) is 0 Å². The van der Waals surface area contributed by atoms with Crippen LogP contribution in [0.2, 0.25) is 0 Å². The minimum absolute atomic E-state index is 0.249. The van der Waals surface area contributed by atoms with Crippen LogP contribution in [0.15, 0.2) is 29.4 Å². The average Bonchev–Trinajstić information content (AvgIpc) is 2.48. The Morgan fingerprint density at radius 1 is 1.32 bits per heavy atom. The molecule has 0 aliphatic rings. The fraction of sp³-hybridized carbons (Fsp3) is 0.438. The van der Waals surface area contributed by atoms with E-state index < -0.39 is 11.3 Å². The number of oxime groups is 1. The van der Waals surface area contributed by atoms with Crippen molar-refractivity contribution in [3.05, 3.63) is 29.8 Å². The quantitative estimate of drug-likeness (QED) is 0.351. The van der Waals surface area contributed by atoms with Crippen molar-refractivity contribution in [3.8, 4) is 0 Å². The fourth-order valence-electron chi connectivity index (χ4n) is 2.30. The first-order valence-corrected chi connectivity index (χ1v) is 7.24. The molecule has 1 rings (SSSR count). The second-order valence-electron chi connectivity index (χ2n) is 5.11. The number of esters is 1. The summed E-state index contributed by atoms with van der Waals surface area (Å²) in [5.74, 6) is -0.780. The van der Waals surface area contributed by atoms with Gasteiger partial charge in [0.25, 0.3) is 5.91 Å². The lowest BCUT2D eigenvalue weighted by Crippen LogP contribution is -2.34. The molecule has 6 heteroatoms. The Morgan fingerprint density at radius 3 is 2.45 bits per heavy atom. The zero-order chi connectivity index (χ0) is 16.6. The highest BCUT2D eigenvalue weighted by molar-refractivity contribution is 6.31. The van der Waals surface area contributed by atoms with Crippen molar-refractivity contribution in [2.45, 2.75) is 39.0 Å². The zero-order valence-corrected chi connectivity index (χ0v) is 13.1. The second-order valence-corrected chi connectivity index (χ2v) is 5.11. The molecule has 0 heterocycles. The van der Waals surface area contributed by atoms with Crippen LogP contribution in [0.4, 0.5) is 5.69 Å². The van der Waals surface area contributed by atoms with Crippen LogP contribution >= 0.6 is 0 Å². The number of amides is 1. The third-order valence-corrected chi connectivity index (χ3v) is 3.44. The summed E-state index contributed by atoms with van der Waals surface area (Å²) in [4.78, 5) is 23.6. The number of hydrogen-bond acceptors (Lipinski definition) is 5. The molecule has 0 saturated carbocycles. The van der Waals surface area contributed by atoms with E-state index >= 15 is 0 Å². The van der Waals surface area contributed by atoms with Crippen LogP contribution < -0.4 is 5.32 Å². The maximum Gasteiger partial charge on any atom is 0.316 e. The number of anilines is 1. The molecule has 1 unspecified atom stereocenters. The smallest absolute Gasteiger partial charge is 0.316 e. The van der Waals surface area contributed by atoms with Gasteiger partial charge < -0.3 is 15.3 Å². The summed E-state index contributed by atoms with van der Waals surface area (Å²) in [6.45, 7) is 6.00.